The van der Waals surface area contributed by atoms with Gasteiger partial charge in [-0.3, -0.25) is 9.59 Å². The summed E-state index contributed by atoms with van der Waals surface area (Å²) in [6.45, 7) is 1.60. The van der Waals surface area contributed by atoms with Crippen molar-refractivity contribution in [2.45, 2.75) is 19.8 Å². The number of esters is 1. The highest BCUT2D eigenvalue weighted by Gasteiger charge is 2.15. The van der Waals surface area contributed by atoms with Gasteiger partial charge in [-0.2, -0.15) is 0 Å². The number of ketones is 1. The van der Waals surface area contributed by atoms with Crippen molar-refractivity contribution < 1.29 is 29.3 Å². The van der Waals surface area contributed by atoms with Crippen molar-refractivity contribution in [3.8, 4) is 11.5 Å². The molecule has 3 N–H and O–H groups in total. The van der Waals surface area contributed by atoms with E-state index in [9.17, 15) is 24.6 Å². The fourth-order valence-electron chi connectivity index (χ4n) is 2.40. The summed E-state index contributed by atoms with van der Waals surface area (Å²) < 4.78 is 4.93. The zero-order valence-corrected chi connectivity index (χ0v) is 14.9. The molecule has 2 aromatic rings. The van der Waals surface area contributed by atoms with Gasteiger partial charge in [-0.05, 0) is 30.5 Å². The second-order valence-corrected chi connectivity index (χ2v) is 5.98. The molecule has 7 nitrogen and oxygen atoms in total. The summed E-state index contributed by atoms with van der Waals surface area (Å²) in [5.74, 6) is -1.89. The fraction of sp³-hybridized carbons (Fsp3) is 0.250. The second-order valence-electron chi connectivity index (χ2n) is 5.98. The van der Waals surface area contributed by atoms with Crippen LogP contribution in [-0.2, 0) is 16.0 Å². The molecule has 0 unspecified atom stereocenters. The number of aromatic hydroxyl groups is 2. The molecule has 0 aliphatic rings. The van der Waals surface area contributed by atoms with Gasteiger partial charge in [0, 0.05) is 25.1 Å². The minimum atomic E-state index is -0.851. The number of nitrogens with one attached hydrogen (secondary N) is 1. The summed E-state index contributed by atoms with van der Waals surface area (Å²) in [6.07, 6.45) is 1.56. The highest BCUT2D eigenvalue weighted by Crippen LogP contribution is 2.23. The smallest absolute Gasteiger partial charge is 0.342 e. The fourth-order valence-corrected chi connectivity index (χ4v) is 2.40. The van der Waals surface area contributed by atoms with E-state index in [-0.39, 0.29) is 23.0 Å². The van der Waals surface area contributed by atoms with Crippen LogP contribution in [0.15, 0.2) is 42.5 Å². The number of rotatable bonds is 8. The normalized spacial score (nSPS) is 10.3. The maximum Gasteiger partial charge on any atom is 0.342 e. The molecule has 0 fully saturated rings. The summed E-state index contributed by atoms with van der Waals surface area (Å²) in [5, 5.41) is 21.6. The molecule has 0 radical (unpaired) electrons. The molecule has 0 aromatic heterocycles. The third-order valence-electron chi connectivity index (χ3n) is 3.83. The van der Waals surface area contributed by atoms with Crippen LogP contribution in [0.25, 0.3) is 0 Å². The van der Waals surface area contributed by atoms with Crippen LogP contribution in [0.5, 0.6) is 11.5 Å². The van der Waals surface area contributed by atoms with Gasteiger partial charge in [0.05, 0.1) is 0 Å². The zero-order valence-electron chi connectivity index (χ0n) is 14.9. The summed E-state index contributed by atoms with van der Waals surface area (Å²) in [4.78, 5) is 34.9. The van der Waals surface area contributed by atoms with Gasteiger partial charge in [0.25, 0.3) is 0 Å². The Kier molecular flexibility index (Phi) is 6.93. The first kappa shape index (κ1) is 20.0. The number of ether oxygens (including phenoxy) is 1. The van der Waals surface area contributed by atoms with E-state index in [0.29, 0.717) is 12.1 Å². The molecular weight excluding hydrogens is 350 g/mol. The SMILES string of the molecule is CC(=O)NCCCc1ccc(C(=O)COC(=O)c2ccc(O)cc2O)cc1. The average molecular weight is 371 g/mol. The van der Waals surface area contributed by atoms with Gasteiger partial charge in [-0.15, -0.1) is 0 Å². The minimum Gasteiger partial charge on any atom is -0.508 e. The van der Waals surface area contributed by atoms with E-state index in [1.54, 1.807) is 12.1 Å². The van der Waals surface area contributed by atoms with Gasteiger partial charge in [-0.25, -0.2) is 4.79 Å². The van der Waals surface area contributed by atoms with Gasteiger partial charge >= 0.3 is 5.97 Å². The predicted molar refractivity (Wildman–Crippen MR) is 97.8 cm³/mol. The monoisotopic (exact) mass is 371 g/mol. The van der Waals surface area contributed by atoms with E-state index < -0.39 is 18.3 Å². The van der Waals surface area contributed by atoms with Crippen LogP contribution in [-0.4, -0.2) is 41.0 Å². The summed E-state index contributed by atoms with van der Waals surface area (Å²) in [6, 6.07) is 10.4. The molecule has 1 amide bonds. The van der Waals surface area contributed by atoms with Crippen LogP contribution >= 0.6 is 0 Å². The molecule has 0 aliphatic heterocycles. The van der Waals surface area contributed by atoms with E-state index in [2.05, 4.69) is 5.32 Å². The first-order valence-electron chi connectivity index (χ1n) is 8.42. The number of amides is 1. The number of aryl methyl sites for hydroxylation is 1. The Morgan fingerprint density at radius 3 is 2.37 bits per heavy atom. The molecule has 7 heteroatoms. The Morgan fingerprint density at radius 2 is 1.74 bits per heavy atom. The molecule has 0 heterocycles. The van der Waals surface area contributed by atoms with Crippen molar-refractivity contribution in [2.24, 2.45) is 0 Å². The largest absolute Gasteiger partial charge is 0.508 e. The molecule has 27 heavy (non-hydrogen) atoms. The van der Waals surface area contributed by atoms with Crippen molar-refractivity contribution in [1.82, 2.24) is 5.32 Å². The van der Waals surface area contributed by atoms with E-state index in [1.165, 1.54) is 19.1 Å². The van der Waals surface area contributed by atoms with E-state index in [1.807, 2.05) is 12.1 Å². The lowest BCUT2D eigenvalue weighted by atomic mass is 10.1. The molecule has 0 saturated carbocycles. The first-order valence-corrected chi connectivity index (χ1v) is 8.42. The highest BCUT2D eigenvalue weighted by atomic mass is 16.5. The Labute approximate surface area is 156 Å². The third kappa shape index (κ3) is 6.14. The topological polar surface area (TPSA) is 113 Å². The number of carbonyl (C=O) groups is 3. The van der Waals surface area contributed by atoms with Crippen molar-refractivity contribution in [1.29, 1.82) is 0 Å². The van der Waals surface area contributed by atoms with Crippen molar-refractivity contribution in [3.05, 3.63) is 59.2 Å². The Bertz CT molecular complexity index is 829. The van der Waals surface area contributed by atoms with Crippen LogP contribution in [0.3, 0.4) is 0 Å². The molecule has 0 aliphatic carbocycles. The van der Waals surface area contributed by atoms with E-state index in [0.717, 1.165) is 24.5 Å². The molecular formula is C20H21NO6. The van der Waals surface area contributed by atoms with Crippen LogP contribution in [0, 0.1) is 0 Å². The molecule has 0 atom stereocenters. The molecule has 142 valence electrons. The van der Waals surface area contributed by atoms with Crippen LogP contribution in [0.4, 0.5) is 0 Å². The number of phenolic OH excluding ortho intramolecular Hbond substituents is 2. The lowest BCUT2D eigenvalue weighted by Gasteiger charge is -2.07. The van der Waals surface area contributed by atoms with Gasteiger partial charge < -0.3 is 20.3 Å². The number of benzene rings is 2. The molecule has 0 bridgehead atoms. The molecule has 2 aromatic carbocycles. The van der Waals surface area contributed by atoms with Gasteiger partial charge in [0.2, 0.25) is 5.91 Å². The van der Waals surface area contributed by atoms with E-state index in [4.69, 9.17) is 4.74 Å². The maximum atomic E-state index is 12.1. The third-order valence-corrected chi connectivity index (χ3v) is 3.83. The van der Waals surface area contributed by atoms with Crippen LogP contribution in [0.1, 0.15) is 39.6 Å². The molecule has 2 rings (SSSR count). The number of phenols is 2. The summed E-state index contributed by atoms with van der Waals surface area (Å²) in [7, 11) is 0. The standard InChI is InChI=1S/C20H21NO6/c1-13(22)21-10-2-3-14-4-6-15(7-5-14)19(25)12-27-20(26)17-9-8-16(23)11-18(17)24/h4-9,11,23-24H,2-3,10,12H2,1H3,(H,21,22). The average Bonchev–Trinajstić information content (AvgIpc) is 2.63. The lowest BCUT2D eigenvalue weighted by Crippen LogP contribution is -2.21. The number of hydrogen-bond donors (Lipinski definition) is 3. The summed E-state index contributed by atoms with van der Waals surface area (Å²) >= 11 is 0. The van der Waals surface area contributed by atoms with Gasteiger partial charge in [-0.1, -0.05) is 24.3 Å². The first-order chi connectivity index (χ1) is 12.9. The Morgan fingerprint density at radius 1 is 1.04 bits per heavy atom. The highest BCUT2D eigenvalue weighted by molar-refractivity contribution is 6.00. The Hall–Kier alpha value is -3.35. The van der Waals surface area contributed by atoms with Gasteiger partial charge in [0.1, 0.15) is 17.1 Å². The van der Waals surface area contributed by atoms with Crippen molar-refractivity contribution in [2.75, 3.05) is 13.2 Å². The quantitative estimate of drug-likeness (QED) is 0.372. The summed E-state index contributed by atoms with van der Waals surface area (Å²) in [5.41, 5.74) is 1.31. The second kappa shape index (κ2) is 9.38. The maximum absolute atomic E-state index is 12.1. The van der Waals surface area contributed by atoms with Gasteiger partial charge in [0.15, 0.2) is 12.4 Å². The number of Topliss-reactive ketones (excluding diaryl/α,β-unsaturated/α-hetero) is 1. The minimum absolute atomic E-state index is 0.0638. The van der Waals surface area contributed by atoms with Crippen LogP contribution < -0.4 is 5.32 Å². The van der Waals surface area contributed by atoms with Crippen LogP contribution in [0.2, 0.25) is 0 Å². The van der Waals surface area contributed by atoms with E-state index >= 15 is 0 Å². The molecule has 0 spiro atoms. The van der Waals surface area contributed by atoms with Crippen molar-refractivity contribution in [3.63, 3.8) is 0 Å². The predicted octanol–water partition coefficient (Wildman–Crippen LogP) is 2.21. The molecule has 0 saturated heterocycles. The Balaban J connectivity index is 1.85. The number of carbonyl (C=O) groups excluding carboxylic acids is 3. The zero-order chi connectivity index (χ0) is 19.8. The van der Waals surface area contributed by atoms with Crippen molar-refractivity contribution >= 4 is 17.7 Å². The lowest BCUT2D eigenvalue weighted by molar-refractivity contribution is -0.118. The number of hydrogen-bond acceptors (Lipinski definition) is 6.